The first kappa shape index (κ1) is 20.3. The number of aromatic amines is 1. The van der Waals surface area contributed by atoms with Crippen molar-refractivity contribution in [3.63, 3.8) is 0 Å². The van der Waals surface area contributed by atoms with E-state index in [0.717, 1.165) is 26.2 Å². The van der Waals surface area contributed by atoms with Gasteiger partial charge in [-0.05, 0) is 32.5 Å². The normalized spacial score (nSPS) is 22.9. The van der Waals surface area contributed by atoms with Gasteiger partial charge in [-0.3, -0.25) is 15.0 Å². The summed E-state index contributed by atoms with van der Waals surface area (Å²) in [6.45, 7) is 4.48. The van der Waals surface area contributed by atoms with Crippen molar-refractivity contribution in [2.45, 2.75) is 30.2 Å². The van der Waals surface area contributed by atoms with Gasteiger partial charge in [-0.1, -0.05) is 6.42 Å². The largest absolute Gasteiger partial charge is 0.360 e. The molecule has 0 aliphatic carbocycles. The van der Waals surface area contributed by atoms with E-state index in [0.29, 0.717) is 30.0 Å². The molecule has 29 heavy (non-hydrogen) atoms. The smallest absolute Gasteiger partial charge is 0.271 e. The van der Waals surface area contributed by atoms with Crippen molar-refractivity contribution < 1.29 is 13.3 Å². The number of nitrogens with one attached hydrogen (secondary N) is 1. The summed E-state index contributed by atoms with van der Waals surface area (Å²) < 4.78 is 27.9. The molecule has 2 fully saturated rings. The summed E-state index contributed by atoms with van der Waals surface area (Å²) in [5.41, 5.74) is 0.390. The number of nitrogens with zero attached hydrogens (tertiary/aromatic N) is 4. The van der Waals surface area contributed by atoms with Crippen molar-refractivity contribution >= 4 is 26.6 Å². The molecule has 10 heteroatoms. The predicted molar refractivity (Wildman–Crippen MR) is 110 cm³/mol. The Morgan fingerprint density at radius 1 is 1.17 bits per heavy atom. The Kier molecular flexibility index (Phi) is 5.60. The number of piperazine rings is 1. The van der Waals surface area contributed by atoms with Gasteiger partial charge in [0.25, 0.3) is 5.69 Å². The summed E-state index contributed by atoms with van der Waals surface area (Å²) in [6, 6.07) is 4.77. The number of likely N-dealkylation sites (N-methyl/N-ethyl adjacent to an activating group) is 1. The van der Waals surface area contributed by atoms with E-state index >= 15 is 0 Å². The number of benzene rings is 1. The number of aromatic nitrogens is 1. The van der Waals surface area contributed by atoms with E-state index in [9.17, 15) is 18.5 Å². The minimum absolute atomic E-state index is 0.0652. The molecule has 2 aliphatic rings. The summed E-state index contributed by atoms with van der Waals surface area (Å²) >= 11 is 0. The maximum Gasteiger partial charge on any atom is 0.271 e. The van der Waals surface area contributed by atoms with Crippen LogP contribution < -0.4 is 0 Å². The quantitative estimate of drug-likeness (QED) is 0.584. The Bertz CT molecular complexity index is 997. The molecule has 0 radical (unpaired) electrons. The molecule has 1 aromatic heterocycles. The van der Waals surface area contributed by atoms with E-state index < -0.39 is 14.9 Å². The Morgan fingerprint density at radius 2 is 1.93 bits per heavy atom. The van der Waals surface area contributed by atoms with Gasteiger partial charge < -0.3 is 9.88 Å². The highest BCUT2D eigenvalue weighted by Crippen LogP contribution is 2.29. The first-order valence-corrected chi connectivity index (χ1v) is 11.5. The average Bonchev–Trinajstić information content (AvgIpc) is 3.14. The van der Waals surface area contributed by atoms with Gasteiger partial charge in [-0.25, -0.2) is 8.42 Å². The minimum atomic E-state index is -3.65. The van der Waals surface area contributed by atoms with Crippen LogP contribution in [0.3, 0.4) is 0 Å². The lowest BCUT2D eigenvalue weighted by atomic mass is 10.0. The van der Waals surface area contributed by atoms with Gasteiger partial charge in [0.05, 0.1) is 10.4 Å². The third kappa shape index (κ3) is 4.02. The molecule has 2 aliphatic heterocycles. The van der Waals surface area contributed by atoms with Gasteiger partial charge in [0.15, 0.2) is 0 Å². The first-order chi connectivity index (χ1) is 13.9. The number of hydrogen-bond donors (Lipinski definition) is 1. The SMILES string of the molecule is CN1CCCCC1CN1CCN(S(=O)(=O)c2c[nH]c3cc([N+](=O)[O-])ccc23)CC1. The molecule has 1 atom stereocenters. The number of rotatable bonds is 5. The fourth-order valence-electron chi connectivity index (χ4n) is 4.38. The second kappa shape index (κ2) is 8.02. The second-order valence-electron chi connectivity index (χ2n) is 7.97. The van der Waals surface area contributed by atoms with Crippen LogP contribution in [0, 0.1) is 10.1 Å². The highest BCUT2D eigenvalue weighted by atomic mass is 32.2. The second-order valence-corrected chi connectivity index (χ2v) is 9.88. The standard InChI is InChI=1S/C19H27N5O4S/c1-21-7-3-2-4-16(21)14-22-8-10-23(11-9-22)29(27,28)19-13-20-18-12-15(24(25)26)5-6-17(18)19/h5-6,12-13,16,20H,2-4,7-11,14H2,1H3. The number of H-pyrrole nitrogens is 1. The third-order valence-electron chi connectivity index (χ3n) is 6.18. The van der Waals surface area contributed by atoms with Crippen LogP contribution in [0.4, 0.5) is 5.69 Å². The van der Waals surface area contributed by atoms with E-state index in [1.54, 1.807) is 0 Å². The molecule has 0 spiro atoms. The molecule has 9 nitrogen and oxygen atoms in total. The van der Waals surface area contributed by atoms with E-state index in [4.69, 9.17) is 0 Å². The van der Waals surface area contributed by atoms with E-state index in [2.05, 4.69) is 21.8 Å². The molecule has 2 saturated heterocycles. The van der Waals surface area contributed by atoms with Crippen molar-refractivity contribution in [1.29, 1.82) is 0 Å². The van der Waals surface area contributed by atoms with E-state index in [1.165, 1.54) is 48.0 Å². The van der Waals surface area contributed by atoms with Crippen molar-refractivity contribution in [1.82, 2.24) is 19.1 Å². The van der Waals surface area contributed by atoms with Crippen molar-refractivity contribution in [3.05, 3.63) is 34.5 Å². The molecule has 0 saturated carbocycles. The number of piperidine rings is 1. The zero-order valence-electron chi connectivity index (χ0n) is 16.6. The number of fused-ring (bicyclic) bond motifs is 1. The molecular weight excluding hydrogens is 394 g/mol. The van der Waals surface area contributed by atoms with Crippen LogP contribution in [-0.4, -0.2) is 84.8 Å². The maximum absolute atomic E-state index is 13.2. The maximum atomic E-state index is 13.2. The molecule has 0 amide bonds. The molecule has 4 rings (SSSR count). The number of hydrogen-bond acceptors (Lipinski definition) is 6. The number of nitro benzene ring substituents is 1. The average molecular weight is 422 g/mol. The van der Waals surface area contributed by atoms with E-state index in [-0.39, 0.29) is 10.6 Å². The van der Waals surface area contributed by atoms with Crippen LogP contribution in [0.5, 0.6) is 0 Å². The zero-order valence-corrected chi connectivity index (χ0v) is 17.4. The van der Waals surface area contributed by atoms with Gasteiger partial charge in [0.1, 0.15) is 4.90 Å². The van der Waals surface area contributed by atoms with Gasteiger partial charge in [-0.15, -0.1) is 0 Å². The van der Waals surface area contributed by atoms with Crippen LogP contribution >= 0.6 is 0 Å². The number of non-ortho nitro benzene ring substituents is 1. The topological polar surface area (TPSA) is 103 Å². The Morgan fingerprint density at radius 3 is 2.62 bits per heavy atom. The van der Waals surface area contributed by atoms with Crippen LogP contribution in [0.15, 0.2) is 29.3 Å². The summed E-state index contributed by atoms with van der Waals surface area (Å²) in [6.07, 6.45) is 5.17. The lowest BCUT2D eigenvalue weighted by molar-refractivity contribution is -0.384. The van der Waals surface area contributed by atoms with Crippen molar-refractivity contribution in [2.24, 2.45) is 0 Å². The summed E-state index contributed by atoms with van der Waals surface area (Å²) in [7, 11) is -1.48. The van der Waals surface area contributed by atoms with Gasteiger partial charge in [0, 0.05) is 62.5 Å². The van der Waals surface area contributed by atoms with Crippen LogP contribution in [0.1, 0.15) is 19.3 Å². The Hall–Kier alpha value is -2.01. The molecule has 0 bridgehead atoms. The molecule has 3 heterocycles. The molecule has 1 N–H and O–H groups in total. The van der Waals surface area contributed by atoms with Gasteiger partial charge in [-0.2, -0.15) is 4.31 Å². The summed E-state index contributed by atoms with van der Waals surface area (Å²) in [5.74, 6) is 0. The van der Waals surface area contributed by atoms with Crippen LogP contribution in [-0.2, 0) is 10.0 Å². The minimum Gasteiger partial charge on any atom is -0.360 e. The third-order valence-corrected chi connectivity index (χ3v) is 8.12. The number of likely N-dealkylation sites (tertiary alicyclic amines) is 1. The highest BCUT2D eigenvalue weighted by Gasteiger charge is 2.32. The molecule has 1 aromatic carbocycles. The fourth-order valence-corrected chi connectivity index (χ4v) is 5.96. The first-order valence-electron chi connectivity index (χ1n) is 10.0. The molecule has 158 valence electrons. The monoisotopic (exact) mass is 421 g/mol. The fraction of sp³-hybridized carbons (Fsp3) is 0.579. The van der Waals surface area contributed by atoms with Gasteiger partial charge >= 0.3 is 0 Å². The molecule has 1 unspecified atom stereocenters. The summed E-state index contributed by atoms with van der Waals surface area (Å²) in [4.78, 5) is 18.3. The van der Waals surface area contributed by atoms with Crippen LogP contribution in [0.2, 0.25) is 0 Å². The van der Waals surface area contributed by atoms with E-state index in [1.807, 2.05) is 0 Å². The summed E-state index contributed by atoms with van der Waals surface area (Å²) in [5, 5.41) is 11.4. The lowest BCUT2D eigenvalue weighted by Gasteiger charge is -2.39. The van der Waals surface area contributed by atoms with Gasteiger partial charge in [0.2, 0.25) is 10.0 Å². The van der Waals surface area contributed by atoms with Crippen molar-refractivity contribution in [3.8, 4) is 0 Å². The predicted octanol–water partition coefficient (Wildman–Crippen LogP) is 1.87. The number of sulfonamides is 1. The van der Waals surface area contributed by atoms with Crippen molar-refractivity contribution in [2.75, 3.05) is 46.3 Å². The zero-order chi connectivity index (χ0) is 20.6. The molecule has 2 aromatic rings. The lowest BCUT2D eigenvalue weighted by Crippen LogP contribution is -2.52. The Labute approximate surface area is 170 Å². The highest BCUT2D eigenvalue weighted by molar-refractivity contribution is 7.89. The Balaban J connectivity index is 1.45. The number of nitro groups is 1. The van der Waals surface area contributed by atoms with Crippen LogP contribution in [0.25, 0.3) is 10.9 Å². The molecular formula is C19H27N5O4S.